The number of nitrogens with zero attached hydrogens (tertiary/aromatic N) is 6. The van der Waals surface area contributed by atoms with E-state index in [-0.39, 0.29) is 5.91 Å². The maximum Gasteiger partial charge on any atom is 0.223 e. The van der Waals surface area contributed by atoms with Gasteiger partial charge in [0.05, 0.1) is 13.2 Å². The lowest BCUT2D eigenvalue weighted by molar-refractivity contribution is -0.187. The number of aromatic nitrogens is 4. The van der Waals surface area contributed by atoms with Crippen LogP contribution in [0.1, 0.15) is 38.9 Å². The van der Waals surface area contributed by atoms with Crippen LogP contribution in [0.3, 0.4) is 0 Å². The van der Waals surface area contributed by atoms with Crippen molar-refractivity contribution in [2.24, 2.45) is 0 Å². The minimum Gasteiger partial charge on any atom is -0.356 e. The van der Waals surface area contributed by atoms with Gasteiger partial charge in [-0.05, 0) is 26.0 Å². The summed E-state index contributed by atoms with van der Waals surface area (Å²) in [7, 11) is 0. The maximum atomic E-state index is 12.7. The van der Waals surface area contributed by atoms with E-state index in [4.69, 9.17) is 9.47 Å². The van der Waals surface area contributed by atoms with E-state index in [1.54, 1.807) is 4.52 Å². The Hall–Kier alpha value is -2.26. The van der Waals surface area contributed by atoms with Gasteiger partial charge in [0.2, 0.25) is 5.91 Å². The number of piperidine rings is 1. The molecule has 9 nitrogen and oxygen atoms in total. The first-order chi connectivity index (χ1) is 13.6. The highest BCUT2D eigenvalue weighted by molar-refractivity contribution is 5.76. The molecule has 1 spiro atoms. The lowest BCUT2D eigenvalue weighted by Crippen LogP contribution is -2.47. The average Bonchev–Trinajstić information content (AvgIpc) is 3.35. The van der Waals surface area contributed by atoms with Gasteiger partial charge in [0.25, 0.3) is 0 Å². The lowest BCUT2D eigenvalue weighted by atomic mass is 10.0. The molecule has 4 heterocycles. The molecule has 0 radical (unpaired) electrons. The van der Waals surface area contributed by atoms with Crippen molar-refractivity contribution in [3.8, 4) is 0 Å². The second-order valence-electron chi connectivity index (χ2n) is 7.24. The fourth-order valence-corrected chi connectivity index (χ4v) is 3.96. The summed E-state index contributed by atoms with van der Waals surface area (Å²) >= 11 is 0. The average molecular weight is 388 g/mol. The Morgan fingerprint density at radius 3 is 2.54 bits per heavy atom. The number of hydrogen-bond acceptors (Lipinski definition) is 7. The van der Waals surface area contributed by atoms with Crippen molar-refractivity contribution in [2.75, 3.05) is 44.3 Å². The van der Waals surface area contributed by atoms with Crippen LogP contribution < -0.4 is 4.90 Å². The number of anilines is 1. The monoisotopic (exact) mass is 388 g/mol. The zero-order valence-electron chi connectivity index (χ0n) is 16.6. The summed E-state index contributed by atoms with van der Waals surface area (Å²) in [6.45, 7) is 8.61. The highest BCUT2D eigenvalue weighted by Gasteiger charge is 2.40. The Labute approximate surface area is 164 Å². The molecule has 0 unspecified atom stereocenters. The second-order valence-corrected chi connectivity index (χ2v) is 7.24. The van der Waals surface area contributed by atoms with Crippen molar-refractivity contribution in [3.63, 3.8) is 0 Å². The van der Waals surface area contributed by atoms with E-state index in [1.165, 1.54) is 0 Å². The molecule has 9 heteroatoms. The van der Waals surface area contributed by atoms with Gasteiger partial charge in [-0.1, -0.05) is 0 Å². The number of carbonyl (C=O) groups excluding carboxylic acids is 1. The first kappa shape index (κ1) is 19.1. The van der Waals surface area contributed by atoms with Gasteiger partial charge < -0.3 is 19.3 Å². The van der Waals surface area contributed by atoms with Crippen LogP contribution >= 0.6 is 0 Å². The molecule has 0 aromatic carbocycles. The van der Waals surface area contributed by atoms with Crippen LogP contribution in [0.5, 0.6) is 0 Å². The van der Waals surface area contributed by atoms with Gasteiger partial charge in [-0.25, -0.2) is 0 Å². The van der Waals surface area contributed by atoms with Gasteiger partial charge in [-0.3, -0.25) is 4.79 Å². The largest absolute Gasteiger partial charge is 0.356 e. The Morgan fingerprint density at radius 1 is 1.14 bits per heavy atom. The quantitative estimate of drug-likeness (QED) is 0.737. The molecule has 2 aromatic rings. The number of aryl methyl sites for hydroxylation is 1. The van der Waals surface area contributed by atoms with E-state index in [0.29, 0.717) is 50.6 Å². The van der Waals surface area contributed by atoms with Crippen LogP contribution in [0.4, 0.5) is 5.82 Å². The predicted octanol–water partition coefficient (Wildman–Crippen LogP) is 1.27. The van der Waals surface area contributed by atoms with Crippen molar-refractivity contribution in [3.05, 3.63) is 18.0 Å². The summed E-state index contributed by atoms with van der Waals surface area (Å²) in [6.07, 6.45) is 2.39. The van der Waals surface area contributed by atoms with E-state index in [9.17, 15) is 4.79 Å². The molecule has 2 saturated heterocycles. The summed E-state index contributed by atoms with van der Waals surface area (Å²) < 4.78 is 13.2. The zero-order chi connectivity index (χ0) is 19.6. The summed E-state index contributed by atoms with van der Waals surface area (Å²) in [5, 5.41) is 13.1. The van der Waals surface area contributed by atoms with Crippen molar-refractivity contribution in [2.45, 2.75) is 45.3 Å². The van der Waals surface area contributed by atoms with Crippen molar-refractivity contribution in [1.29, 1.82) is 0 Å². The zero-order valence-corrected chi connectivity index (χ0v) is 16.6. The number of likely N-dealkylation sites (tertiary alicyclic amines) is 1. The third-order valence-corrected chi connectivity index (χ3v) is 5.65. The fourth-order valence-electron chi connectivity index (χ4n) is 3.96. The molecule has 2 aliphatic rings. The predicted molar refractivity (Wildman–Crippen MR) is 103 cm³/mol. The molecule has 4 rings (SSSR count). The highest BCUT2D eigenvalue weighted by atomic mass is 16.7. The maximum absolute atomic E-state index is 12.7. The van der Waals surface area contributed by atoms with E-state index in [2.05, 4.69) is 34.0 Å². The van der Waals surface area contributed by atoms with E-state index in [0.717, 1.165) is 31.7 Å². The lowest BCUT2D eigenvalue weighted by Gasteiger charge is -2.37. The molecule has 0 saturated carbocycles. The van der Waals surface area contributed by atoms with Crippen molar-refractivity contribution in [1.82, 2.24) is 24.7 Å². The van der Waals surface area contributed by atoms with Crippen LogP contribution in [-0.4, -0.2) is 75.8 Å². The van der Waals surface area contributed by atoms with Crippen LogP contribution in [0, 0.1) is 0 Å². The number of fused-ring (bicyclic) bond motifs is 1. The van der Waals surface area contributed by atoms with Gasteiger partial charge in [0, 0.05) is 51.9 Å². The first-order valence-electron chi connectivity index (χ1n) is 10.2. The van der Waals surface area contributed by atoms with Gasteiger partial charge in [0.1, 0.15) is 5.82 Å². The minimum absolute atomic E-state index is 0.129. The second kappa shape index (κ2) is 8.00. The summed E-state index contributed by atoms with van der Waals surface area (Å²) in [6, 6.07) is 3.88. The van der Waals surface area contributed by atoms with E-state index < -0.39 is 5.79 Å². The summed E-state index contributed by atoms with van der Waals surface area (Å²) in [4.78, 5) is 16.7. The third-order valence-electron chi connectivity index (χ3n) is 5.65. The molecule has 2 aliphatic heterocycles. The first-order valence-corrected chi connectivity index (χ1v) is 10.2. The smallest absolute Gasteiger partial charge is 0.223 e. The summed E-state index contributed by atoms with van der Waals surface area (Å²) in [5.74, 6) is 1.28. The highest BCUT2D eigenvalue weighted by Crippen LogP contribution is 2.31. The molecule has 0 atom stereocenters. The van der Waals surface area contributed by atoms with E-state index in [1.807, 2.05) is 17.0 Å². The molecule has 2 aromatic heterocycles. The Bertz CT molecular complexity index is 818. The molecule has 152 valence electrons. The Morgan fingerprint density at radius 2 is 1.86 bits per heavy atom. The van der Waals surface area contributed by atoms with Crippen molar-refractivity contribution < 1.29 is 14.3 Å². The molecular formula is C19H28N6O3. The minimum atomic E-state index is -0.454. The number of carbonyl (C=O) groups is 1. The standard InChI is InChI=1S/C19H28N6O3/c1-3-23(4-2)17-6-5-15-20-21-16(25(15)22-17)7-8-18(26)24-11-9-19(10-12-24)27-13-14-28-19/h5-6H,3-4,7-14H2,1-2H3. The normalized spacial score (nSPS) is 18.9. The SMILES string of the molecule is CCN(CC)c1ccc2nnc(CCC(=O)N3CCC4(CC3)OCCO4)n2n1. The molecule has 0 aliphatic carbocycles. The Kier molecular flexibility index (Phi) is 5.45. The number of amides is 1. The topological polar surface area (TPSA) is 85.1 Å². The third kappa shape index (κ3) is 3.68. The number of ether oxygens (including phenoxy) is 2. The van der Waals surface area contributed by atoms with Crippen molar-refractivity contribution >= 4 is 17.4 Å². The Balaban J connectivity index is 1.38. The summed E-state index contributed by atoms with van der Waals surface area (Å²) in [5.41, 5.74) is 0.703. The molecule has 2 fully saturated rings. The molecule has 0 bridgehead atoms. The van der Waals surface area contributed by atoms with Gasteiger partial charge in [0.15, 0.2) is 17.3 Å². The van der Waals surface area contributed by atoms with Crippen LogP contribution in [0.15, 0.2) is 12.1 Å². The molecule has 1 amide bonds. The van der Waals surface area contributed by atoms with Crippen LogP contribution in [-0.2, 0) is 20.7 Å². The number of rotatable bonds is 6. The molecular weight excluding hydrogens is 360 g/mol. The number of hydrogen-bond donors (Lipinski definition) is 0. The van der Waals surface area contributed by atoms with Crippen LogP contribution in [0.25, 0.3) is 5.65 Å². The van der Waals surface area contributed by atoms with Gasteiger partial charge in [-0.15, -0.1) is 15.3 Å². The van der Waals surface area contributed by atoms with Gasteiger partial charge in [-0.2, -0.15) is 4.52 Å². The van der Waals surface area contributed by atoms with E-state index >= 15 is 0 Å². The van der Waals surface area contributed by atoms with Gasteiger partial charge >= 0.3 is 0 Å². The molecule has 28 heavy (non-hydrogen) atoms. The van der Waals surface area contributed by atoms with Crippen LogP contribution in [0.2, 0.25) is 0 Å². The molecule has 0 N–H and O–H groups in total. The fraction of sp³-hybridized carbons (Fsp3) is 0.684.